The highest BCUT2D eigenvalue weighted by atomic mass is 16.5. The first-order chi connectivity index (χ1) is 9.72. The molecule has 20 heavy (non-hydrogen) atoms. The molecule has 2 nitrogen and oxygen atoms in total. The van der Waals surface area contributed by atoms with Crippen LogP contribution < -0.4 is 4.74 Å². The number of ether oxygens (including phenoxy) is 1. The summed E-state index contributed by atoms with van der Waals surface area (Å²) < 4.78 is 5.85. The van der Waals surface area contributed by atoms with E-state index >= 15 is 0 Å². The van der Waals surface area contributed by atoms with Crippen LogP contribution in [0.25, 0.3) is 0 Å². The molecular weight excluding hydrogens is 248 g/mol. The minimum Gasteiger partial charge on any atom is -0.489 e. The third-order valence-corrected chi connectivity index (χ3v) is 3.92. The molecule has 0 fully saturated rings. The van der Waals surface area contributed by atoms with Gasteiger partial charge in [-0.1, -0.05) is 35.9 Å². The van der Waals surface area contributed by atoms with Crippen molar-refractivity contribution in [3.63, 3.8) is 0 Å². The number of hydrogen-bond donors (Lipinski definition) is 1. The molecule has 1 unspecified atom stereocenters. The average Bonchev–Trinajstić information content (AvgIpc) is 2.47. The summed E-state index contributed by atoms with van der Waals surface area (Å²) in [6, 6.07) is 14.4. The first-order valence-corrected chi connectivity index (χ1v) is 7.21. The van der Waals surface area contributed by atoms with E-state index in [0.717, 1.165) is 30.6 Å². The van der Waals surface area contributed by atoms with E-state index < -0.39 is 0 Å². The fourth-order valence-corrected chi connectivity index (χ4v) is 2.71. The van der Waals surface area contributed by atoms with Crippen molar-refractivity contribution in [3.05, 3.63) is 64.7 Å². The van der Waals surface area contributed by atoms with Crippen molar-refractivity contribution < 1.29 is 9.84 Å². The van der Waals surface area contributed by atoms with Crippen molar-refractivity contribution in [2.75, 3.05) is 0 Å². The van der Waals surface area contributed by atoms with Gasteiger partial charge in [0.15, 0.2) is 0 Å². The standard InChI is InChI=1S/C18H20O2/c1-13-5-7-14(8-6-13)12-20-16-9-10-17-15(11-16)3-2-4-18(17)19/h5-11,18-19H,2-4,12H2,1H3. The number of fused-ring (bicyclic) bond motifs is 1. The van der Waals surface area contributed by atoms with E-state index in [1.54, 1.807) is 0 Å². The molecule has 1 aliphatic carbocycles. The first kappa shape index (κ1) is 13.2. The van der Waals surface area contributed by atoms with Gasteiger partial charge in [-0.15, -0.1) is 0 Å². The highest BCUT2D eigenvalue weighted by molar-refractivity contribution is 5.38. The molecule has 0 bridgehead atoms. The lowest BCUT2D eigenvalue weighted by atomic mass is 9.89. The summed E-state index contributed by atoms with van der Waals surface area (Å²) in [7, 11) is 0. The Morgan fingerprint density at radius 2 is 1.95 bits per heavy atom. The van der Waals surface area contributed by atoms with Crippen molar-refractivity contribution in [3.8, 4) is 5.75 Å². The van der Waals surface area contributed by atoms with E-state index in [1.165, 1.54) is 16.7 Å². The van der Waals surface area contributed by atoms with Crippen LogP contribution >= 0.6 is 0 Å². The summed E-state index contributed by atoms with van der Waals surface area (Å²) in [4.78, 5) is 0. The van der Waals surface area contributed by atoms with E-state index in [4.69, 9.17) is 4.74 Å². The van der Waals surface area contributed by atoms with Crippen LogP contribution in [0.15, 0.2) is 42.5 Å². The monoisotopic (exact) mass is 268 g/mol. The quantitative estimate of drug-likeness (QED) is 0.913. The van der Waals surface area contributed by atoms with Crippen LogP contribution in [0, 0.1) is 6.92 Å². The highest BCUT2D eigenvalue weighted by Gasteiger charge is 2.18. The van der Waals surface area contributed by atoms with Crippen LogP contribution in [0.2, 0.25) is 0 Å². The Labute approximate surface area is 120 Å². The van der Waals surface area contributed by atoms with Crippen molar-refractivity contribution in [1.29, 1.82) is 0 Å². The maximum absolute atomic E-state index is 9.95. The predicted octanol–water partition coefficient (Wildman–Crippen LogP) is 3.94. The molecule has 0 heterocycles. The minimum absolute atomic E-state index is 0.301. The van der Waals surface area contributed by atoms with Crippen LogP contribution in [0.1, 0.15) is 41.2 Å². The number of aliphatic hydroxyl groups excluding tert-OH is 1. The average molecular weight is 268 g/mol. The number of rotatable bonds is 3. The van der Waals surface area contributed by atoms with E-state index in [0.29, 0.717) is 6.61 Å². The van der Waals surface area contributed by atoms with Gasteiger partial charge in [0.05, 0.1) is 6.10 Å². The number of benzene rings is 2. The third-order valence-electron chi connectivity index (χ3n) is 3.92. The van der Waals surface area contributed by atoms with Gasteiger partial charge >= 0.3 is 0 Å². The zero-order valence-electron chi connectivity index (χ0n) is 11.8. The molecule has 2 heteroatoms. The second-order valence-corrected chi connectivity index (χ2v) is 5.54. The molecule has 1 atom stereocenters. The topological polar surface area (TPSA) is 29.5 Å². The zero-order valence-corrected chi connectivity index (χ0v) is 11.8. The van der Waals surface area contributed by atoms with Crippen LogP contribution in [0.4, 0.5) is 0 Å². The smallest absolute Gasteiger partial charge is 0.120 e. The largest absolute Gasteiger partial charge is 0.489 e. The minimum atomic E-state index is -0.301. The first-order valence-electron chi connectivity index (χ1n) is 7.21. The molecule has 2 aromatic carbocycles. The fourth-order valence-electron chi connectivity index (χ4n) is 2.71. The SMILES string of the molecule is Cc1ccc(COc2ccc3c(c2)CCCC3O)cc1. The van der Waals surface area contributed by atoms with Gasteiger partial charge in [0.25, 0.3) is 0 Å². The van der Waals surface area contributed by atoms with Gasteiger partial charge in [-0.3, -0.25) is 0 Å². The van der Waals surface area contributed by atoms with Gasteiger partial charge < -0.3 is 9.84 Å². The molecule has 3 rings (SSSR count). The Morgan fingerprint density at radius 1 is 1.15 bits per heavy atom. The Bertz CT molecular complexity index is 587. The van der Waals surface area contributed by atoms with E-state index in [2.05, 4.69) is 37.3 Å². The summed E-state index contributed by atoms with van der Waals surface area (Å²) in [5.41, 5.74) is 4.73. The van der Waals surface area contributed by atoms with Crippen LogP contribution in [-0.2, 0) is 13.0 Å². The summed E-state index contributed by atoms with van der Waals surface area (Å²) in [5.74, 6) is 0.887. The highest BCUT2D eigenvalue weighted by Crippen LogP contribution is 2.32. The van der Waals surface area contributed by atoms with Gasteiger partial charge in [0, 0.05) is 0 Å². The Kier molecular flexibility index (Phi) is 3.75. The summed E-state index contributed by atoms with van der Waals surface area (Å²) >= 11 is 0. The van der Waals surface area contributed by atoms with Crippen molar-refractivity contribution >= 4 is 0 Å². The molecule has 0 saturated heterocycles. The molecule has 1 N–H and O–H groups in total. The van der Waals surface area contributed by atoms with Crippen molar-refractivity contribution in [1.82, 2.24) is 0 Å². The molecule has 2 aromatic rings. The summed E-state index contributed by atoms with van der Waals surface area (Å²) in [6.45, 7) is 2.67. The van der Waals surface area contributed by atoms with Crippen LogP contribution in [-0.4, -0.2) is 5.11 Å². The Balaban J connectivity index is 1.70. The molecule has 0 radical (unpaired) electrons. The van der Waals surface area contributed by atoms with Gasteiger partial charge in [-0.05, 0) is 55.0 Å². The number of aryl methyl sites for hydroxylation is 2. The molecule has 0 aromatic heterocycles. The third kappa shape index (κ3) is 2.86. The normalized spacial score (nSPS) is 17.6. The summed E-state index contributed by atoms with van der Waals surface area (Å²) in [6.07, 6.45) is 2.66. The van der Waals surface area contributed by atoms with Gasteiger partial charge in [0.1, 0.15) is 12.4 Å². The fraction of sp³-hybridized carbons (Fsp3) is 0.333. The van der Waals surface area contributed by atoms with Crippen LogP contribution in [0.5, 0.6) is 5.75 Å². The molecule has 0 aliphatic heterocycles. The lowest BCUT2D eigenvalue weighted by molar-refractivity contribution is 0.156. The predicted molar refractivity (Wildman–Crippen MR) is 79.9 cm³/mol. The maximum Gasteiger partial charge on any atom is 0.120 e. The molecular formula is C18H20O2. The van der Waals surface area contributed by atoms with E-state index in [-0.39, 0.29) is 6.10 Å². The Hall–Kier alpha value is -1.80. The molecule has 0 spiro atoms. The molecule has 104 valence electrons. The van der Waals surface area contributed by atoms with Gasteiger partial charge in [-0.25, -0.2) is 0 Å². The van der Waals surface area contributed by atoms with Crippen LogP contribution in [0.3, 0.4) is 0 Å². The van der Waals surface area contributed by atoms with Gasteiger partial charge in [0.2, 0.25) is 0 Å². The molecule has 1 aliphatic rings. The lowest BCUT2D eigenvalue weighted by Gasteiger charge is -2.21. The zero-order chi connectivity index (χ0) is 13.9. The van der Waals surface area contributed by atoms with E-state index in [9.17, 15) is 5.11 Å². The number of aliphatic hydroxyl groups is 1. The molecule has 0 amide bonds. The van der Waals surface area contributed by atoms with Crippen molar-refractivity contribution in [2.45, 2.75) is 38.9 Å². The molecule has 0 saturated carbocycles. The number of hydrogen-bond acceptors (Lipinski definition) is 2. The second-order valence-electron chi connectivity index (χ2n) is 5.54. The van der Waals surface area contributed by atoms with Gasteiger partial charge in [-0.2, -0.15) is 0 Å². The second kappa shape index (κ2) is 5.68. The van der Waals surface area contributed by atoms with E-state index in [1.807, 2.05) is 12.1 Å². The summed E-state index contributed by atoms with van der Waals surface area (Å²) in [5, 5.41) is 9.95. The Morgan fingerprint density at radius 3 is 2.75 bits per heavy atom. The maximum atomic E-state index is 9.95. The van der Waals surface area contributed by atoms with Crippen molar-refractivity contribution in [2.24, 2.45) is 0 Å². The lowest BCUT2D eigenvalue weighted by Crippen LogP contribution is -2.09.